The molecule has 2 N–H and O–H groups in total. The summed E-state index contributed by atoms with van der Waals surface area (Å²) in [6, 6.07) is 10.2. The lowest BCUT2D eigenvalue weighted by Gasteiger charge is -2.31. The lowest BCUT2D eigenvalue weighted by molar-refractivity contribution is -0.124. The van der Waals surface area contributed by atoms with Gasteiger partial charge in [0.05, 0.1) is 11.0 Å². The number of likely N-dealkylation sites (tertiary alicyclic amines) is 1. The lowest BCUT2D eigenvalue weighted by Crippen LogP contribution is -2.36. The maximum absolute atomic E-state index is 12.9. The SMILES string of the molecule is Cc1cc2nc(CCC(=O)C3CCN(Cc4c[nH]c5ccc(Cl)cc45)CC3)[nH]c2cc1C. The first-order valence-electron chi connectivity index (χ1n) is 11.4. The number of Topliss-reactive ketones (excluding diaryl/α,β-unsaturated/α-hetero) is 1. The van der Waals surface area contributed by atoms with Gasteiger partial charge in [-0.05, 0) is 86.8 Å². The van der Waals surface area contributed by atoms with Crippen LogP contribution in [0, 0.1) is 19.8 Å². The molecule has 0 amide bonds. The van der Waals surface area contributed by atoms with Gasteiger partial charge < -0.3 is 9.97 Å². The highest BCUT2D eigenvalue weighted by Crippen LogP contribution is 2.26. The Morgan fingerprint density at radius 3 is 2.72 bits per heavy atom. The molecule has 1 aliphatic rings. The largest absolute Gasteiger partial charge is 0.361 e. The summed E-state index contributed by atoms with van der Waals surface area (Å²) in [6.07, 6.45) is 5.18. The van der Waals surface area contributed by atoms with Crippen molar-refractivity contribution in [2.45, 2.75) is 46.1 Å². The number of piperidine rings is 1. The first-order valence-corrected chi connectivity index (χ1v) is 11.8. The second-order valence-electron chi connectivity index (χ2n) is 9.16. The van der Waals surface area contributed by atoms with Crippen LogP contribution in [-0.2, 0) is 17.8 Å². The molecule has 0 saturated carbocycles. The summed E-state index contributed by atoms with van der Waals surface area (Å²) >= 11 is 6.18. The van der Waals surface area contributed by atoms with Crippen molar-refractivity contribution >= 4 is 39.3 Å². The Morgan fingerprint density at radius 2 is 1.91 bits per heavy atom. The standard InChI is InChI=1S/C26H29ClN4O/c1-16-11-23-24(12-17(16)2)30-26(29-23)6-5-25(32)18-7-9-31(10-8-18)15-19-14-28-22-4-3-20(27)13-21(19)22/h3-4,11-14,18,28H,5-10,15H2,1-2H3,(H,29,30). The summed E-state index contributed by atoms with van der Waals surface area (Å²) in [5.74, 6) is 1.45. The van der Waals surface area contributed by atoms with Gasteiger partial charge in [-0.15, -0.1) is 0 Å². The molecule has 2 aromatic carbocycles. The molecule has 166 valence electrons. The van der Waals surface area contributed by atoms with Gasteiger partial charge in [0, 0.05) is 47.4 Å². The third-order valence-electron chi connectivity index (χ3n) is 6.92. The third-order valence-corrected chi connectivity index (χ3v) is 7.16. The van der Waals surface area contributed by atoms with Gasteiger partial charge >= 0.3 is 0 Å². The highest BCUT2D eigenvalue weighted by Gasteiger charge is 2.25. The van der Waals surface area contributed by atoms with E-state index in [9.17, 15) is 4.79 Å². The van der Waals surface area contributed by atoms with E-state index in [4.69, 9.17) is 11.6 Å². The Morgan fingerprint density at radius 1 is 1.12 bits per heavy atom. The van der Waals surface area contributed by atoms with Crippen LogP contribution in [0.25, 0.3) is 21.9 Å². The third kappa shape index (κ3) is 4.32. The molecule has 32 heavy (non-hydrogen) atoms. The van der Waals surface area contributed by atoms with Crippen LogP contribution in [0.4, 0.5) is 0 Å². The number of aromatic nitrogens is 3. The molecule has 0 atom stereocenters. The smallest absolute Gasteiger partial charge is 0.136 e. The highest BCUT2D eigenvalue weighted by atomic mass is 35.5. The highest BCUT2D eigenvalue weighted by molar-refractivity contribution is 6.31. The number of ketones is 1. The van der Waals surface area contributed by atoms with Gasteiger partial charge in [0.25, 0.3) is 0 Å². The summed E-state index contributed by atoms with van der Waals surface area (Å²) in [4.78, 5) is 26.7. The quantitative estimate of drug-likeness (QED) is 0.396. The summed E-state index contributed by atoms with van der Waals surface area (Å²) < 4.78 is 0. The van der Waals surface area contributed by atoms with E-state index >= 15 is 0 Å². The molecule has 5 rings (SSSR count). The van der Waals surface area contributed by atoms with E-state index in [0.717, 1.165) is 59.9 Å². The number of carbonyl (C=O) groups is 1. The minimum Gasteiger partial charge on any atom is -0.361 e. The zero-order valence-corrected chi connectivity index (χ0v) is 19.4. The number of H-pyrrole nitrogens is 2. The molecular formula is C26H29ClN4O. The maximum atomic E-state index is 12.9. The van der Waals surface area contributed by atoms with Crippen LogP contribution in [0.3, 0.4) is 0 Å². The number of aromatic amines is 2. The summed E-state index contributed by atoms with van der Waals surface area (Å²) in [5, 5.41) is 1.95. The summed E-state index contributed by atoms with van der Waals surface area (Å²) in [5.41, 5.74) is 6.93. The number of nitrogens with zero attached hydrogens (tertiary/aromatic N) is 2. The van der Waals surface area contributed by atoms with Crippen molar-refractivity contribution in [3.63, 3.8) is 0 Å². The number of halogens is 1. The van der Waals surface area contributed by atoms with E-state index in [2.05, 4.69) is 52.0 Å². The van der Waals surface area contributed by atoms with Gasteiger partial charge in [0.15, 0.2) is 0 Å². The van der Waals surface area contributed by atoms with Gasteiger partial charge in [0.1, 0.15) is 11.6 Å². The van der Waals surface area contributed by atoms with Crippen molar-refractivity contribution in [3.05, 3.63) is 64.1 Å². The van der Waals surface area contributed by atoms with Gasteiger partial charge in [-0.25, -0.2) is 4.98 Å². The Balaban J connectivity index is 1.15. The van der Waals surface area contributed by atoms with Crippen molar-refractivity contribution in [1.82, 2.24) is 19.9 Å². The van der Waals surface area contributed by atoms with Crippen LogP contribution in [0.15, 0.2) is 36.5 Å². The van der Waals surface area contributed by atoms with E-state index in [1.165, 1.54) is 22.1 Å². The van der Waals surface area contributed by atoms with Crippen LogP contribution >= 0.6 is 11.6 Å². The second kappa shape index (κ2) is 8.72. The van der Waals surface area contributed by atoms with Gasteiger partial charge in [0.2, 0.25) is 0 Å². The lowest BCUT2D eigenvalue weighted by atomic mass is 9.90. The average molecular weight is 449 g/mol. The number of fused-ring (bicyclic) bond motifs is 2. The van der Waals surface area contributed by atoms with E-state index in [0.29, 0.717) is 18.6 Å². The molecule has 6 heteroatoms. The van der Waals surface area contributed by atoms with E-state index in [1.807, 2.05) is 18.2 Å². The second-order valence-corrected chi connectivity index (χ2v) is 9.59. The van der Waals surface area contributed by atoms with Crippen LogP contribution in [0.1, 0.15) is 41.8 Å². The first kappa shape index (κ1) is 21.2. The van der Waals surface area contributed by atoms with Crippen molar-refractivity contribution in [1.29, 1.82) is 0 Å². The fourth-order valence-electron chi connectivity index (χ4n) is 4.82. The topological polar surface area (TPSA) is 64.8 Å². The Hall–Kier alpha value is -2.63. The first-order chi connectivity index (χ1) is 15.5. The minimum atomic E-state index is 0.164. The number of hydrogen-bond donors (Lipinski definition) is 2. The minimum absolute atomic E-state index is 0.164. The van der Waals surface area contributed by atoms with Crippen molar-refractivity contribution in [3.8, 4) is 0 Å². The number of imidazole rings is 1. The molecule has 0 radical (unpaired) electrons. The van der Waals surface area contributed by atoms with Crippen LogP contribution < -0.4 is 0 Å². The molecule has 5 nitrogen and oxygen atoms in total. The predicted molar refractivity (Wildman–Crippen MR) is 130 cm³/mol. The van der Waals surface area contributed by atoms with E-state index in [-0.39, 0.29) is 5.92 Å². The summed E-state index contributed by atoms with van der Waals surface area (Å²) in [7, 11) is 0. The molecule has 3 heterocycles. The molecule has 2 aromatic heterocycles. The number of benzene rings is 2. The molecular weight excluding hydrogens is 420 g/mol. The zero-order chi connectivity index (χ0) is 22.2. The van der Waals surface area contributed by atoms with E-state index in [1.54, 1.807) is 0 Å². The Kier molecular flexibility index (Phi) is 5.78. The number of carbonyl (C=O) groups excluding carboxylic acids is 1. The molecule has 1 aliphatic heterocycles. The van der Waals surface area contributed by atoms with E-state index < -0.39 is 0 Å². The monoisotopic (exact) mass is 448 g/mol. The fraction of sp³-hybridized carbons (Fsp3) is 0.385. The Bertz CT molecular complexity index is 1240. The molecule has 4 aromatic rings. The van der Waals surface area contributed by atoms with Crippen molar-refractivity contribution in [2.24, 2.45) is 5.92 Å². The number of nitrogens with one attached hydrogen (secondary N) is 2. The number of hydrogen-bond acceptors (Lipinski definition) is 3. The fourth-order valence-corrected chi connectivity index (χ4v) is 4.99. The van der Waals surface area contributed by atoms with Crippen LogP contribution in [0.5, 0.6) is 0 Å². The van der Waals surface area contributed by atoms with Gasteiger partial charge in [-0.1, -0.05) is 11.6 Å². The van der Waals surface area contributed by atoms with Gasteiger partial charge in [-0.2, -0.15) is 0 Å². The number of aryl methyl sites for hydroxylation is 3. The molecule has 0 unspecified atom stereocenters. The van der Waals surface area contributed by atoms with Crippen molar-refractivity contribution < 1.29 is 4.79 Å². The zero-order valence-electron chi connectivity index (χ0n) is 18.7. The average Bonchev–Trinajstić information content (AvgIpc) is 3.36. The van der Waals surface area contributed by atoms with Crippen molar-refractivity contribution in [2.75, 3.05) is 13.1 Å². The Labute approximate surface area is 193 Å². The molecule has 1 fully saturated rings. The molecule has 0 spiro atoms. The van der Waals surface area contributed by atoms with Crippen LogP contribution in [-0.4, -0.2) is 38.7 Å². The number of rotatable bonds is 6. The predicted octanol–water partition coefficient (Wildman–Crippen LogP) is 5.73. The van der Waals surface area contributed by atoms with Gasteiger partial charge in [-0.3, -0.25) is 9.69 Å². The molecule has 0 bridgehead atoms. The maximum Gasteiger partial charge on any atom is 0.136 e. The van der Waals surface area contributed by atoms with Crippen LogP contribution in [0.2, 0.25) is 5.02 Å². The normalized spacial score (nSPS) is 15.7. The molecule has 0 aliphatic carbocycles. The molecule has 1 saturated heterocycles. The summed E-state index contributed by atoms with van der Waals surface area (Å²) in [6.45, 7) is 7.00.